The van der Waals surface area contributed by atoms with Crippen molar-refractivity contribution in [2.24, 2.45) is 0 Å². The zero-order valence-corrected chi connectivity index (χ0v) is 13.5. The maximum absolute atomic E-state index is 13.9. The van der Waals surface area contributed by atoms with E-state index in [1.54, 1.807) is 0 Å². The van der Waals surface area contributed by atoms with Crippen LogP contribution in [0.5, 0.6) is 0 Å². The monoisotopic (exact) mass is 323 g/mol. The summed E-state index contributed by atoms with van der Waals surface area (Å²) in [5, 5.41) is 0. The summed E-state index contributed by atoms with van der Waals surface area (Å²) in [4.78, 5) is 5.16. The van der Waals surface area contributed by atoms with Crippen LogP contribution in [-0.4, -0.2) is 28.5 Å². The Bertz CT molecular complexity index is 748. The first-order valence-corrected chi connectivity index (χ1v) is 7.77. The number of fused-ring (bicyclic) bond motifs is 1. The normalized spacial score (nSPS) is 17.8. The Morgan fingerprint density at radius 1 is 1.36 bits per heavy atom. The van der Waals surface area contributed by atoms with Gasteiger partial charge in [-0.25, -0.2) is 8.78 Å². The van der Waals surface area contributed by atoms with Crippen LogP contribution in [0.3, 0.4) is 0 Å². The van der Waals surface area contributed by atoms with Gasteiger partial charge in [0.1, 0.15) is 11.6 Å². The van der Waals surface area contributed by atoms with E-state index in [1.165, 1.54) is 6.07 Å². The predicted molar refractivity (Wildman–Crippen MR) is 84.4 cm³/mol. The topological polar surface area (TPSA) is 24.0 Å². The van der Waals surface area contributed by atoms with Gasteiger partial charge in [-0.05, 0) is 62.8 Å². The summed E-state index contributed by atoms with van der Waals surface area (Å²) in [6, 6.07) is 2.56. The molecule has 3 nitrogen and oxygen atoms in total. The molecule has 1 atom stereocenters. The van der Waals surface area contributed by atoms with E-state index in [1.807, 2.05) is 20.3 Å². The Balaban J connectivity index is 1.95. The SMILES string of the molecule is CN(C)Cc1c[nH]c(=S)n1[C@H]1CCc2c(F)cc(F)cc2C1. The highest BCUT2D eigenvalue weighted by atomic mass is 32.1. The van der Waals surface area contributed by atoms with Gasteiger partial charge in [0.15, 0.2) is 4.77 Å². The van der Waals surface area contributed by atoms with Crippen LogP contribution in [0, 0.1) is 16.4 Å². The quantitative estimate of drug-likeness (QED) is 0.873. The Morgan fingerprint density at radius 3 is 2.86 bits per heavy atom. The molecule has 6 heteroatoms. The first kappa shape index (κ1) is 15.4. The molecule has 0 spiro atoms. The molecule has 1 aromatic carbocycles. The average Bonchev–Trinajstić information content (AvgIpc) is 2.78. The fourth-order valence-electron chi connectivity index (χ4n) is 3.27. The van der Waals surface area contributed by atoms with Crippen LogP contribution in [-0.2, 0) is 19.4 Å². The number of aromatic nitrogens is 2. The number of nitrogens with zero attached hydrogens (tertiary/aromatic N) is 2. The standard InChI is InChI=1S/C16H19F2N3S/c1-20(2)9-13-8-19-16(22)21(13)12-3-4-14-10(6-12)5-11(17)7-15(14)18/h5,7-8,12H,3-4,6,9H2,1-2H3,(H,19,22)/t12-/m0/s1. The van der Waals surface area contributed by atoms with Crippen molar-refractivity contribution in [3.8, 4) is 0 Å². The molecule has 0 saturated heterocycles. The molecule has 1 aliphatic rings. The van der Waals surface area contributed by atoms with Crippen LogP contribution in [0.15, 0.2) is 18.3 Å². The smallest absolute Gasteiger partial charge is 0.177 e. The van der Waals surface area contributed by atoms with Crippen LogP contribution in [0.1, 0.15) is 29.3 Å². The molecule has 118 valence electrons. The second-order valence-electron chi connectivity index (χ2n) is 6.11. The van der Waals surface area contributed by atoms with Gasteiger partial charge in [0.2, 0.25) is 0 Å². The fourth-order valence-corrected chi connectivity index (χ4v) is 3.59. The van der Waals surface area contributed by atoms with Crippen LogP contribution in [0.2, 0.25) is 0 Å². The number of hydrogen-bond donors (Lipinski definition) is 1. The maximum atomic E-state index is 13.9. The number of aromatic amines is 1. The van der Waals surface area contributed by atoms with Gasteiger partial charge in [0, 0.05) is 24.8 Å². The molecule has 0 saturated carbocycles. The summed E-state index contributed by atoms with van der Waals surface area (Å²) in [7, 11) is 4.00. The zero-order chi connectivity index (χ0) is 15.9. The summed E-state index contributed by atoms with van der Waals surface area (Å²) < 4.78 is 30.1. The highest BCUT2D eigenvalue weighted by Gasteiger charge is 2.25. The Morgan fingerprint density at radius 2 is 2.14 bits per heavy atom. The molecule has 2 aromatic rings. The van der Waals surface area contributed by atoms with Gasteiger partial charge < -0.3 is 14.5 Å². The molecule has 0 fully saturated rings. The molecule has 0 radical (unpaired) electrons. The van der Waals surface area contributed by atoms with Gasteiger partial charge >= 0.3 is 0 Å². The molecule has 22 heavy (non-hydrogen) atoms. The van der Waals surface area contributed by atoms with Crippen LogP contribution >= 0.6 is 12.2 Å². The lowest BCUT2D eigenvalue weighted by Gasteiger charge is -2.28. The van der Waals surface area contributed by atoms with Gasteiger partial charge in [0.05, 0.1) is 5.69 Å². The number of halogens is 2. The Kier molecular flexibility index (Phi) is 4.14. The van der Waals surface area contributed by atoms with Crippen molar-refractivity contribution in [2.75, 3.05) is 14.1 Å². The van der Waals surface area contributed by atoms with E-state index >= 15 is 0 Å². The molecular weight excluding hydrogens is 304 g/mol. The number of H-pyrrole nitrogens is 1. The van der Waals surface area contributed by atoms with Crippen LogP contribution in [0.25, 0.3) is 0 Å². The molecule has 0 amide bonds. The fraction of sp³-hybridized carbons (Fsp3) is 0.438. The van der Waals surface area contributed by atoms with Crippen molar-refractivity contribution in [2.45, 2.75) is 31.8 Å². The summed E-state index contributed by atoms with van der Waals surface area (Å²) in [6.45, 7) is 0.772. The molecule has 0 aliphatic heterocycles. The van der Waals surface area contributed by atoms with Crippen molar-refractivity contribution in [3.05, 3.63) is 51.6 Å². The van der Waals surface area contributed by atoms with Crippen molar-refractivity contribution in [1.29, 1.82) is 0 Å². The molecule has 0 bridgehead atoms. The predicted octanol–water partition coefficient (Wildman–Crippen LogP) is 3.62. The number of rotatable bonds is 3. The third-order valence-corrected chi connectivity index (χ3v) is 4.48. The van der Waals surface area contributed by atoms with Crippen LogP contribution in [0.4, 0.5) is 8.78 Å². The van der Waals surface area contributed by atoms with Gasteiger partial charge in [0.25, 0.3) is 0 Å². The van der Waals surface area contributed by atoms with Crippen molar-refractivity contribution >= 4 is 12.2 Å². The molecule has 1 N–H and O–H groups in total. The largest absolute Gasteiger partial charge is 0.337 e. The van der Waals surface area contributed by atoms with Gasteiger partial charge in [-0.15, -0.1) is 0 Å². The number of nitrogens with one attached hydrogen (secondary N) is 1. The van der Waals surface area contributed by atoms with E-state index in [2.05, 4.69) is 14.5 Å². The lowest BCUT2D eigenvalue weighted by molar-refractivity contribution is 0.359. The molecule has 3 rings (SSSR count). The minimum absolute atomic E-state index is 0.141. The van der Waals surface area contributed by atoms with E-state index in [4.69, 9.17) is 12.2 Å². The summed E-state index contributed by atoms with van der Waals surface area (Å²) >= 11 is 5.40. The molecule has 1 heterocycles. The van der Waals surface area contributed by atoms with Crippen molar-refractivity contribution in [1.82, 2.24) is 14.5 Å². The summed E-state index contributed by atoms with van der Waals surface area (Å²) in [5.74, 6) is -0.942. The highest BCUT2D eigenvalue weighted by Crippen LogP contribution is 2.32. The van der Waals surface area contributed by atoms with E-state index in [-0.39, 0.29) is 6.04 Å². The molecule has 0 unspecified atom stereocenters. The van der Waals surface area contributed by atoms with E-state index in [0.29, 0.717) is 23.2 Å². The van der Waals surface area contributed by atoms with Crippen molar-refractivity contribution < 1.29 is 8.78 Å². The van der Waals surface area contributed by atoms with E-state index < -0.39 is 11.6 Å². The van der Waals surface area contributed by atoms with Crippen LogP contribution < -0.4 is 0 Å². The maximum Gasteiger partial charge on any atom is 0.177 e. The average molecular weight is 323 g/mol. The number of hydrogen-bond acceptors (Lipinski definition) is 2. The van der Waals surface area contributed by atoms with Gasteiger partial charge in [-0.3, -0.25) is 0 Å². The molecule has 1 aliphatic carbocycles. The van der Waals surface area contributed by atoms with E-state index in [9.17, 15) is 8.78 Å². The first-order valence-electron chi connectivity index (χ1n) is 7.36. The second-order valence-corrected chi connectivity index (χ2v) is 6.50. The lowest BCUT2D eigenvalue weighted by Crippen LogP contribution is -2.23. The minimum atomic E-state index is -0.511. The molecular formula is C16H19F2N3S. The lowest BCUT2D eigenvalue weighted by atomic mass is 9.87. The summed E-state index contributed by atoms with van der Waals surface area (Å²) in [5.41, 5.74) is 2.50. The third-order valence-electron chi connectivity index (χ3n) is 4.17. The minimum Gasteiger partial charge on any atom is -0.337 e. The number of benzene rings is 1. The summed E-state index contributed by atoms with van der Waals surface area (Å²) in [6.07, 6.45) is 3.95. The number of imidazole rings is 1. The van der Waals surface area contributed by atoms with Gasteiger partial charge in [-0.2, -0.15) is 0 Å². The third kappa shape index (κ3) is 2.85. The van der Waals surface area contributed by atoms with Crippen molar-refractivity contribution in [3.63, 3.8) is 0 Å². The Labute approximate surface area is 133 Å². The zero-order valence-electron chi connectivity index (χ0n) is 12.7. The van der Waals surface area contributed by atoms with Gasteiger partial charge in [-0.1, -0.05) is 0 Å². The molecule has 1 aromatic heterocycles. The highest BCUT2D eigenvalue weighted by molar-refractivity contribution is 7.71. The Hall–Kier alpha value is -1.53. The first-order chi connectivity index (χ1) is 10.5. The second kappa shape index (κ2) is 5.93. The van der Waals surface area contributed by atoms with E-state index in [0.717, 1.165) is 30.3 Å².